The highest BCUT2D eigenvalue weighted by molar-refractivity contribution is 5.55. The molecule has 3 heteroatoms. The number of methoxy groups -OCH3 is 1. The second-order valence-corrected chi connectivity index (χ2v) is 6.61. The SMILES string of the molecule is C/C=C/c1ccc(OCC[NH+]2C[C@@H](C)C[C@H](C)C2)c(OC)c1. The first-order valence-corrected chi connectivity index (χ1v) is 8.39. The molecule has 1 aromatic carbocycles. The van der Waals surface area contributed by atoms with E-state index < -0.39 is 0 Å². The molecule has 1 aromatic rings. The minimum atomic E-state index is 0.744. The van der Waals surface area contributed by atoms with Gasteiger partial charge >= 0.3 is 0 Å². The summed E-state index contributed by atoms with van der Waals surface area (Å²) >= 11 is 0. The summed E-state index contributed by atoms with van der Waals surface area (Å²) in [4.78, 5) is 1.66. The van der Waals surface area contributed by atoms with Crippen LogP contribution in [0.2, 0.25) is 0 Å². The number of benzene rings is 1. The summed E-state index contributed by atoms with van der Waals surface area (Å²) in [6.07, 6.45) is 5.45. The van der Waals surface area contributed by atoms with Gasteiger partial charge in [-0.1, -0.05) is 32.1 Å². The topological polar surface area (TPSA) is 22.9 Å². The van der Waals surface area contributed by atoms with Gasteiger partial charge in [0.1, 0.15) is 13.2 Å². The molecule has 2 atom stereocenters. The van der Waals surface area contributed by atoms with Crippen molar-refractivity contribution >= 4 is 6.08 Å². The number of quaternary nitrogens is 1. The van der Waals surface area contributed by atoms with Crippen molar-refractivity contribution in [3.05, 3.63) is 29.8 Å². The highest BCUT2D eigenvalue weighted by Gasteiger charge is 2.24. The number of allylic oxidation sites excluding steroid dienone is 1. The predicted octanol–water partition coefficient (Wildman–Crippen LogP) is 2.67. The van der Waals surface area contributed by atoms with Crippen LogP contribution in [0.25, 0.3) is 6.08 Å². The number of nitrogens with one attached hydrogen (secondary N) is 1. The Morgan fingerprint density at radius 3 is 2.55 bits per heavy atom. The van der Waals surface area contributed by atoms with Crippen molar-refractivity contribution in [1.29, 1.82) is 0 Å². The molecule has 3 nitrogen and oxygen atoms in total. The highest BCUT2D eigenvalue weighted by atomic mass is 16.5. The van der Waals surface area contributed by atoms with Crippen LogP contribution in [0.5, 0.6) is 11.5 Å². The Hall–Kier alpha value is -1.48. The first kappa shape index (κ1) is 16.9. The van der Waals surface area contributed by atoms with Crippen LogP contribution in [-0.2, 0) is 0 Å². The molecule has 0 unspecified atom stereocenters. The van der Waals surface area contributed by atoms with Crippen molar-refractivity contribution in [2.45, 2.75) is 27.2 Å². The van der Waals surface area contributed by atoms with E-state index in [4.69, 9.17) is 9.47 Å². The zero-order valence-electron chi connectivity index (χ0n) is 14.4. The molecule has 0 spiro atoms. The second-order valence-electron chi connectivity index (χ2n) is 6.61. The van der Waals surface area contributed by atoms with Crippen LogP contribution >= 0.6 is 0 Å². The molecule has 0 aromatic heterocycles. The van der Waals surface area contributed by atoms with Gasteiger partial charge in [-0.2, -0.15) is 0 Å². The van der Waals surface area contributed by atoms with Crippen LogP contribution in [0.4, 0.5) is 0 Å². The van der Waals surface area contributed by atoms with Crippen LogP contribution in [-0.4, -0.2) is 33.4 Å². The number of rotatable bonds is 6. The lowest BCUT2D eigenvalue weighted by atomic mass is 9.92. The lowest BCUT2D eigenvalue weighted by molar-refractivity contribution is -0.912. The van der Waals surface area contributed by atoms with Gasteiger partial charge in [-0.15, -0.1) is 0 Å². The lowest BCUT2D eigenvalue weighted by Gasteiger charge is -2.31. The van der Waals surface area contributed by atoms with Gasteiger partial charge in [-0.05, 0) is 31.0 Å². The zero-order valence-corrected chi connectivity index (χ0v) is 14.4. The second kappa shape index (κ2) is 8.23. The van der Waals surface area contributed by atoms with E-state index in [1.807, 2.05) is 25.1 Å². The highest BCUT2D eigenvalue weighted by Crippen LogP contribution is 2.28. The molecule has 2 rings (SSSR count). The number of ether oxygens (including phenoxy) is 2. The monoisotopic (exact) mass is 304 g/mol. The van der Waals surface area contributed by atoms with Crippen molar-refractivity contribution in [2.75, 3.05) is 33.4 Å². The summed E-state index contributed by atoms with van der Waals surface area (Å²) in [5.74, 6) is 3.31. The summed E-state index contributed by atoms with van der Waals surface area (Å²) in [6, 6.07) is 6.09. The molecule has 0 bridgehead atoms. The van der Waals surface area contributed by atoms with Crippen LogP contribution in [0.3, 0.4) is 0 Å². The van der Waals surface area contributed by atoms with Gasteiger partial charge in [0.25, 0.3) is 0 Å². The number of likely N-dealkylation sites (tertiary alicyclic amines) is 1. The van der Waals surface area contributed by atoms with Gasteiger partial charge in [0.05, 0.1) is 20.2 Å². The van der Waals surface area contributed by atoms with E-state index in [0.29, 0.717) is 0 Å². The average molecular weight is 304 g/mol. The van der Waals surface area contributed by atoms with Crippen molar-refractivity contribution in [2.24, 2.45) is 11.8 Å². The minimum absolute atomic E-state index is 0.744. The van der Waals surface area contributed by atoms with Crippen LogP contribution in [0.15, 0.2) is 24.3 Å². The fourth-order valence-corrected chi connectivity index (χ4v) is 3.53. The molecule has 1 aliphatic heterocycles. The maximum Gasteiger partial charge on any atom is 0.161 e. The van der Waals surface area contributed by atoms with Gasteiger partial charge in [0, 0.05) is 11.8 Å². The Morgan fingerprint density at radius 1 is 1.18 bits per heavy atom. The Bertz CT molecular complexity index is 488. The average Bonchev–Trinajstić information content (AvgIpc) is 2.48. The quantitative estimate of drug-likeness (QED) is 0.873. The van der Waals surface area contributed by atoms with E-state index >= 15 is 0 Å². The molecular weight excluding hydrogens is 274 g/mol. The Balaban J connectivity index is 1.88. The number of hydrogen-bond acceptors (Lipinski definition) is 2. The molecule has 22 heavy (non-hydrogen) atoms. The fraction of sp³-hybridized carbons (Fsp3) is 0.579. The number of piperidine rings is 1. The van der Waals surface area contributed by atoms with Crippen molar-refractivity contribution in [3.63, 3.8) is 0 Å². The van der Waals surface area contributed by atoms with E-state index in [-0.39, 0.29) is 0 Å². The van der Waals surface area contributed by atoms with Gasteiger partial charge in [0.15, 0.2) is 11.5 Å². The summed E-state index contributed by atoms with van der Waals surface area (Å²) in [7, 11) is 1.70. The normalized spacial score (nSPS) is 25.4. The molecule has 1 saturated heterocycles. The van der Waals surface area contributed by atoms with Gasteiger partial charge in [-0.3, -0.25) is 0 Å². The van der Waals surface area contributed by atoms with Gasteiger partial charge in [0.2, 0.25) is 0 Å². The molecule has 0 amide bonds. The van der Waals surface area contributed by atoms with Crippen molar-refractivity contribution < 1.29 is 14.4 Å². The summed E-state index contributed by atoms with van der Waals surface area (Å²) in [5, 5.41) is 0. The molecule has 1 fully saturated rings. The minimum Gasteiger partial charge on any atom is -0.493 e. The smallest absolute Gasteiger partial charge is 0.161 e. The number of hydrogen-bond donors (Lipinski definition) is 1. The Labute approximate surface area is 134 Å². The van der Waals surface area contributed by atoms with Crippen LogP contribution in [0, 0.1) is 11.8 Å². The van der Waals surface area contributed by atoms with Gasteiger partial charge in [-0.25, -0.2) is 0 Å². The fourth-order valence-electron chi connectivity index (χ4n) is 3.53. The first-order valence-electron chi connectivity index (χ1n) is 8.39. The standard InChI is InChI=1S/C19H29NO2/c1-5-6-17-7-8-18(19(12-17)21-4)22-10-9-20-13-15(2)11-16(3)14-20/h5-8,12,15-16H,9-11,13-14H2,1-4H3/p+1/b6-5+/t15-,16-/m0/s1. The maximum absolute atomic E-state index is 5.96. The van der Waals surface area contributed by atoms with E-state index in [9.17, 15) is 0 Å². The molecule has 0 radical (unpaired) electrons. The van der Waals surface area contributed by atoms with Crippen LogP contribution in [0.1, 0.15) is 32.8 Å². The van der Waals surface area contributed by atoms with Crippen molar-refractivity contribution in [1.82, 2.24) is 0 Å². The zero-order chi connectivity index (χ0) is 15.9. The molecule has 1 aliphatic rings. The first-order chi connectivity index (χ1) is 10.6. The van der Waals surface area contributed by atoms with E-state index in [1.165, 1.54) is 19.5 Å². The maximum atomic E-state index is 5.96. The predicted molar refractivity (Wildman–Crippen MR) is 91.7 cm³/mol. The van der Waals surface area contributed by atoms with Crippen molar-refractivity contribution in [3.8, 4) is 11.5 Å². The molecule has 0 aliphatic carbocycles. The largest absolute Gasteiger partial charge is 0.493 e. The summed E-state index contributed by atoms with van der Waals surface area (Å²) in [6.45, 7) is 11.1. The van der Waals surface area contributed by atoms with E-state index in [1.54, 1.807) is 12.0 Å². The van der Waals surface area contributed by atoms with Crippen LogP contribution < -0.4 is 14.4 Å². The van der Waals surface area contributed by atoms with Gasteiger partial charge < -0.3 is 14.4 Å². The summed E-state index contributed by atoms with van der Waals surface area (Å²) < 4.78 is 11.4. The van der Waals surface area contributed by atoms with E-state index in [2.05, 4.69) is 26.0 Å². The molecule has 122 valence electrons. The van der Waals surface area contributed by atoms with E-state index in [0.717, 1.165) is 42.0 Å². The molecular formula is C19H30NO2+. The molecule has 0 saturated carbocycles. The third-order valence-corrected chi connectivity index (χ3v) is 4.34. The molecule has 1 heterocycles. The Kier molecular flexibility index (Phi) is 6.32. The Morgan fingerprint density at radius 2 is 1.91 bits per heavy atom. The third-order valence-electron chi connectivity index (χ3n) is 4.34. The lowest BCUT2D eigenvalue weighted by Crippen LogP contribution is -3.14. The summed E-state index contributed by atoms with van der Waals surface area (Å²) in [5.41, 5.74) is 1.14. The third kappa shape index (κ3) is 4.77. The molecule has 1 N–H and O–H groups in total.